The molecule has 1 saturated heterocycles. The monoisotopic (exact) mass is 344 g/mol. The number of nitrogens with zero attached hydrogens (tertiary/aromatic N) is 1. The summed E-state index contributed by atoms with van der Waals surface area (Å²) < 4.78 is 5.73. The maximum atomic E-state index is 12.6. The van der Waals surface area contributed by atoms with Gasteiger partial charge in [-0.1, -0.05) is 29.8 Å². The summed E-state index contributed by atoms with van der Waals surface area (Å²) in [5.41, 5.74) is 1.09. The molecule has 3 rings (SSSR count). The molecule has 126 valence electrons. The highest BCUT2D eigenvalue weighted by Gasteiger charge is 2.29. The molecule has 2 atom stereocenters. The summed E-state index contributed by atoms with van der Waals surface area (Å²) in [5.74, 6) is 0.667. The second kappa shape index (κ2) is 7.58. The van der Waals surface area contributed by atoms with Crippen LogP contribution < -0.4 is 10.1 Å². The molecule has 1 heterocycles. The Kier molecular flexibility index (Phi) is 5.26. The summed E-state index contributed by atoms with van der Waals surface area (Å²) in [4.78, 5) is 14.4. The lowest BCUT2D eigenvalue weighted by atomic mass is 10.2. The SMILES string of the molecule is CC(Oc1ccc(Cl)cc1)C(=O)N1CCC(Nc2ccccc2)C1. The van der Waals surface area contributed by atoms with Crippen molar-refractivity contribution in [3.63, 3.8) is 0 Å². The van der Waals surface area contributed by atoms with E-state index in [2.05, 4.69) is 5.32 Å². The minimum Gasteiger partial charge on any atom is -0.481 e. The number of ether oxygens (including phenoxy) is 1. The van der Waals surface area contributed by atoms with Crippen LogP contribution in [0.4, 0.5) is 5.69 Å². The fraction of sp³-hybridized carbons (Fsp3) is 0.316. The number of hydrogen-bond acceptors (Lipinski definition) is 3. The van der Waals surface area contributed by atoms with Crippen molar-refractivity contribution < 1.29 is 9.53 Å². The van der Waals surface area contributed by atoms with Crippen molar-refractivity contribution >= 4 is 23.2 Å². The van der Waals surface area contributed by atoms with Crippen molar-refractivity contribution in [2.75, 3.05) is 18.4 Å². The number of halogens is 1. The molecule has 0 aromatic heterocycles. The summed E-state index contributed by atoms with van der Waals surface area (Å²) in [6.45, 7) is 3.23. The highest BCUT2D eigenvalue weighted by Crippen LogP contribution is 2.20. The zero-order valence-corrected chi connectivity index (χ0v) is 14.4. The number of anilines is 1. The number of para-hydroxylation sites is 1. The Bertz CT molecular complexity index is 676. The zero-order valence-electron chi connectivity index (χ0n) is 13.6. The topological polar surface area (TPSA) is 41.6 Å². The van der Waals surface area contributed by atoms with Crippen LogP contribution >= 0.6 is 11.6 Å². The van der Waals surface area contributed by atoms with E-state index in [0.717, 1.165) is 18.7 Å². The van der Waals surface area contributed by atoms with Crippen molar-refractivity contribution in [1.82, 2.24) is 4.90 Å². The van der Waals surface area contributed by atoms with E-state index >= 15 is 0 Å². The van der Waals surface area contributed by atoms with Crippen LogP contribution in [0.5, 0.6) is 5.75 Å². The molecule has 0 spiro atoms. The molecule has 0 bridgehead atoms. The third-order valence-corrected chi connectivity index (χ3v) is 4.37. The van der Waals surface area contributed by atoms with Gasteiger partial charge in [-0.05, 0) is 49.7 Å². The van der Waals surface area contributed by atoms with Gasteiger partial charge >= 0.3 is 0 Å². The Balaban J connectivity index is 1.53. The molecule has 0 aliphatic carbocycles. The third-order valence-electron chi connectivity index (χ3n) is 4.12. The molecule has 2 aromatic rings. The predicted molar refractivity (Wildman–Crippen MR) is 96.6 cm³/mol. The van der Waals surface area contributed by atoms with Crippen molar-refractivity contribution in [2.45, 2.75) is 25.5 Å². The van der Waals surface area contributed by atoms with Crippen LogP contribution in [0, 0.1) is 0 Å². The van der Waals surface area contributed by atoms with Gasteiger partial charge in [-0.2, -0.15) is 0 Å². The molecule has 1 fully saturated rings. The second-order valence-electron chi connectivity index (χ2n) is 5.99. The molecule has 24 heavy (non-hydrogen) atoms. The number of nitrogens with one attached hydrogen (secondary N) is 1. The summed E-state index contributed by atoms with van der Waals surface area (Å²) >= 11 is 5.86. The van der Waals surface area contributed by atoms with E-state index in [-0.39, 0.29) is 11.9 Å². The number of carbonyl (C=O) groups is 1. The number of rotatable bonds is 5. The van der Waals surface area contributed by atoms with Crippen LogP contribution in [0.1, 0.15) is 13.3 Å². The van der Waals surface area contributed by atoms with E-state index in [1.807, 2.05) is 35.2 Å². The first-order valence-corrected chi connectivity index (χ1v) is 8.52. The van der Waals surface area contributed by atoms with Gasteiger partial charge in [0, 0.05) is 29.8 Å². The first kappa shape index (κ1) is 16.7. The van der Waals surface area contributed by atoms with Gasteiger partial charge in [-0.15, -0.1) is 0 Å². The fourth-order valence-electron chi connectivity index (χ4n) is 2.87. The molecule has 1 aliphatic heterocycles. The molecule has 1 aliphatic rings. The highest BCUT2D eigenvalue weighted by molar-refractivity contribution is 6.30. The van der Waals surface area contributed by atoms with Gasteiger partial charge in [0.1, 0.15) is 5.75 Å². The van der Waals surface area contributed by atoms with E-state index in [0.29, 0.717) is 17.3 Å². The summed E-state index contributed by atoms with van der Waals surface area (Å²) in [6, 6.07) is 17.4. The van der Waals surface area contributed by atoms with Crippen LogP contribution in [0.3, 0.4) is 0 Å². The van der Waals surface area contributed by atoms with Crippen molar-refractivity contribution in [3.8, 4) is 5.75 Å². The minimum absolute atomic E-state index is 0.0160. The molecule has 2 aromatic carbocycles. The Morgan fingerprint density at radius 1 is 1.21 bits per heavy atom. The molecule has 0 saturated carbocycles. The molecule has 5 heteroatoms. The van der Waals surface area contributed by atoms with E-state index in [1.165, 1.54) is 0 Å². The number of likely N-dealkylation sites (tertiary alicyclic amines) is 1. The molecular weight excluding hydrogens is 324 g/mol. The first-order valence-electron chi connectivity index (χ1n) is 8.14. The zero-order chi connectivity index (χ0) is 16.9. The second-order valence-corrected chi connectivity index (χ2v) is 6.43. The van der Waals surface area contributed by atoms with Crippen LogP contribution in [0.15, 0.2) is 54.6 Å². The summed E-state index contributed by atoms with van der Waals surface area (Å²) in [7, 11) is 0. The lowest BCUT2D eigenvalue weighted by Gasteiger charge is -2.22. The standard InChI is InChI=1S/C19H21ClN2O2/c1-14(24-18-9-7-15(20)8-10-18)19(23)22-12-11-17(13-22)21-16-5-3-2-4-6-16/h2-10,14,17,21H,11-13H2,1H3. The van der Waals surface area contributed by atoms with Gasteiger partial charge in [0.25, 0.3) is 5.91 Å². The average Bonchev–Trinajstić information content (AvgIpc) is 3.05. The van der Waals surface area contributed by atoms with Crippen LogP contribution in [0.2, 0.25) is 5.02 Å². The smallest absolute Gasteiger partial charge is 0.263 e. The quantitative estimate of drug-likeness (QED) is 0.896. The average molecular weight is 345 g/mol. The summed E-state index contributed by atoms with van der Waals surface area (Å²) in [6.07, 6.45) is 0.426. The first-order chi connectivity index (χ1) is 11.6. The number of benzene rings is 2. The van der Waals surface area contributed by atoms with Crippen molar-refractivity contribution in [1.29, 1.82) is 0 Å². The largest absolute Gasteiger partial charge is 0.481 e. The molecule has 2 unspecified atom stereocenters. The Morgan fingerprint density at radius 3 is 2.62 bits per heavy atom. The number of hydrogen-bond donors (Lipinski definition) is 1. The summed E-state index contributed by atoms with van der Waals surface area (Å²) in [5, 5.41) is 4.12. The Hall–Kier alpha value is -2.20. The number of amides is 1. The van der Waals surface area contributed by atoms with Gasteiger partial charge in [-0.25, -0.2) is 0 Å². The molecule has 4 nitrogen and oxygen atoms in total. The number of carbonyl (C=O) groups excluding carboxylic acids is 1. The fourth-order valence-corrected chi connectivity index (χ4v) is 3.00. The molecular formula is C19H21ClN2O2. The predicted octanol–water partition coefficient (Wildman–Crippen LogP) is 3.82. The molecule has 1 N–H and O–H groups in total. The van der Waals surface area contributed by atoms with E-state index in [9.17, 15) is 4.79 Å². The van der Waals surface area contributed by atoms with Crippen molar-refractivity contribution in [2.24, 2.45) is 0 Å². The third kappa shape index (κ3) is 4.20. The highest BCUT2D eigenvalue weighted by atomic mass is 35.5. The normalized spacial score (nSPS) is 18.2. The van der Waals surface area contributed by atoms with Gasteiger partial charge in [-0.3, -0.25) is 4.79 Å². The van der Waals surface area contributed by atoms with Crippen LogP contribution in [-0.4, -0.2) is 36.0 Å². The van der Waals surface area contributed by atoms with Crippen molar-refractivity contribution in [3.05, 3.63) is 59.6 Å². The van der Waals surface area contributed by atoms with E-state index in [4.69, 9.17) is 16.3 Å². The minimum atomic E-state index is -0.512. The van der Waals surface area contributed by atoms with Gasteiger partial charge in [0.05, 0.1) is 0 Å². The lowest BCUT2D eigenvalue weighted by Crippen LogP contribution is -2.40. The van der Waals surface area contributed by atoms with Gasteiger partial charge in [0.2, 0.25) is 0 Å². The maximum absolute atomic E-state index is 12.6. The Labute approximate surface area is 147 Å². The Morgan fingerprint density at radius 2 is 1.92 bits per heavy atom. The van der Waals surface area contributed by atoms with Gasteiger partial charge in [0.15, 0.2) is 6.10 Å². The van der Waals surface area contributed by atoms with E-state index < -0.39 is 6.10 Å². The molecule has 0 radical (unpaired) electrons. The van der Waals surface area contributed by atoms with Gasteiger partial charge < -0.3 is 15.0 Å². The lowest BCUT2D eigenvalue weighted by molar-refractivity contribution is -0.136. The maximum Gasteiger partial charge on any atom is 0.263 e. The van der Waals surface area contributed by atoms with Crippen LogP contribution in [-0.2, 0) is 4.79 Å². The van der Waals surface area contributed by atoms with Crippen LogP contribution in [0.25, 0.3) is 0 Å². The molecule has 1 amide bonds. The van der Waals surface area contributed by atoms with E-state index in [1.54, 1.807) is 31.2 Å².